The number of rotatable bonds is 6. The molecular weight excluding hydrogens is 482 g/mol. The van der Waals surface area contributed by atoms with E-state index in [9.17, 15) is 8.42 Å². The van der Waals surface area contributed by atoms with Gasteiger partial charge in [-0.1, -0.05) is 18.2 Å². The van der Waals surface area contributed by atoms with E-state index >= 15 is 0 Å². The van der Waals surface area contributed by atoms with Gasteiger partial charge in [-0.15, -0.1) is 11.3 Å². The lowest BCUT2D eigenvalue weighted by molar-refractivity contribution is 0.382. The molecule has 3 heterocycles. The molecule has 176 valence electrons. The van der Waals surface area contributed by atoms with Gasteiger partial charge in [0.1, 0.15) is 5.82 Å². The van der Waals surface area contributed by atoms with Gasteiger partial charge in [0.2, 0.25) is 16.0 Å². The SMILES string of the molecule is N#Cc1ccc(Nc2cc(-c3cncs3)nc(N3CCN(S(=O)(=O)c4ccccc4)CC3)n2)cc1. The number of sulfonamides is 1. The Morgan fingerprint density at radius 3 is 2.37 bits per heavy atom. The summed E-state index contributed by atoms with van der Waals surface area (Å²) in [5.74, 6) is 1.12. The molecule has 0 unspecified atom stereocenters. The number of nitriles is 1. The third-order valence-electron chi connectivity index (χ3n) is 5.59. The Balaban J connectivity index is 1.38. The van der Waals surface area contributed by atoms with Crippen LogP contribution >= 0.6 is 11.3 Å². The highest BCUT2D eigenvalue weighted by Gasteiger charge is 2.29. The monoisotopic (exact) mass is 503 g/mol. The molecule has 0 amide bonds. The molecule has 5 rings (SSSR count). The highest BCUT2D eigenvalue weighted by Crippen LogP contribution is 2.28. The van der Waals surface area contributed by atoms with Crippen molar-refractivity contribution in [1.29, 1.82) is 5.26 Å². The maximum atomic E-state index is 13.0. The van der Waals surface area contributed by atoms with Crippen molar-refractivity contribution in [2.75, 3.05) is 36.4 Å². The van der Waals surface area contributed by atoms with E-state index in [1.807, 2.05) is 23.1 Å². The van der Waals surface area contributed by atoms with Crippen molar-refractivity contribution in [2.45, 2.75) is 4.90 Å². The smallest absolute Gasteiger partial charge is 0.243 e. The van der Waals surface area contributed by atoms with Gasteiger partial charge in [0.25, 0.3) is 0 Å². The van der Waals surface area contributed by atoms with Crippen molar-refractivity contribution in [2.24, 2.45) is 0 Å². The number of anilines is 3. The lowest BCUT2D eigenvalue weighted by Gasteiger charge is -2.34. The molecule has 0 saturated carbocycles. The molecule has 4 aromatic rings. The first-order chi connectivity index (χ1) is 17.0. The fraction of sp³-hybridized carbons (Fsp3) is 0.167. The van der Waals surface area contributed by atoms with E-state index in [-0.39, 0.29) is 0 Å². The average Bonchev–Trinajstić information content (AvgIpc) is 3.45. The number of aromatic nitrogens is 3. The molecule has 0 bridgehead atoms. The average molecular weight is 504 g/mol. The lowest BCUT2D eigenvalue weighted by Crippen LogP contribution is -2.49. The molecule has 1 fully saturated rings. The minimum absolute atomic E-state index is 0.297. The molecular formula is C24H21N7O2S2. The number of piperazine rings is 1. The lowest BCUT2D eigenvalue weighted by atomic mass is 10.2. The van der Waals surface area contributed by atoms with Crippen molar-refractivity contribution in [1.82, 2.24) is 19.3 Å². The van der Waals surface area contributed by atoms with E-state index in [4.69, 9.17) is 15.2 Å². The third-order valence-corrected chi connectivity index (χ3v) is 8.30. The Morgan fingerprint density at radius 2 is 1.71 bits per heavy atom. The summed E-state index contributed by atoms with van der Waals surface area (Å²) in [4.78, 5) is 16.8. The van der Waals surface area contributed by atoms with Crippen LogP contribution in [0.15, 0.2) is 77.3 Å². The second kappa shape index (κ2) is 9.79. The summed E-state index contributed by atoms with van der Waals surface area (Å²) in [6.45, 7) is 1.61. The van der Waals surface area contributed by atoms with Gasteiger partial charge in [-0.3, -0.25) is 4.98 Å². The Bertz CT molecular complexity index is 1440. The highest BCUT2D eigenvalue weighted by molar-refractivity contribution is 7.89. The van der Waals surface area contributed by atoms with E-state index < -0.39 is 10.0 Å². The molecule has 1 saturated heterocycles. The van der Waals surface area contributed by atoms with Crippen LogP contribution in [0.4, 0.5) is 17.5 Å². The van der Waals surface area contributed by atoms with E-state index in [0.29, 0.717) is 48.4 Å². The Labute approximate surface area is 207 Å². The van der Waals surface area contributed by atoms with Crippen LogP contribution < -0.4 is 10.2 Å². The molecule has 1 aliphatic heterocycles. The van der Waals surface area contributed by atoms with Crippen molar-refractivity contribution < 1.29 is 8.42 Å². The zero-order chi connectivity index (χ0) is 24.3. The number of hydrogen-bond donors (Lipinski definition) is 1. The molecule has 0 spiro atoms. The largest absolute Gasteiger partial charge is 0.340 e. The summed E-state index contributed by atoms with van der Waals surface area (Å²) in [7, 11) is -3.54. The molecule has 2 aromatic carbocycles. The second-order valence-electron chi connectivity index (χ2n) is 7.82. The second-order valence-corrected chi connectivity index (χ2v) is 10.6. The first-order valence-corrected chi connectivity index (χ1v) is 13.2. The van der Waals surface area contributed by atoms with Crippen LogP contribution in [0.2, 0.25) is 0 Å². The zero-order valence-electron chi connectivity index (χ0n) is 18.6. The molecule has 11 heteroatoms. The van der Waals surface area contributed by atoms with Gasteiger partial charge in [-0.2, -0.15) is 14.6 Å². The summed E-state index contributed by atoms with van der Waals surface area (Å²) in [6.07, 6.45) is 1.76. The minimum Gasteiger partial charge on any atom is -0.340 e. The van der Waals surface area contributed by atoms with Crippen molar-refractivity contribution in [3.63, 3.8) is 0 Å². The minimum atomic E-state index is -3.54. The number of nitrogens with one attached hydrogen (secondary N) is 1. The van der Waals surface area contributed by atoms with Crippen LogP contribution in [0.3, 0.4) is 0 Å². The van der Waals surface area contributed by atoms with Gasteiger partial charge in [-0.05, 0) is 36.4 Å². The number of thiazole rings is 1. The standard InChI is InChI=1S/C24H21N7O2S2/c25-15-18-6-8-19(9-7-18)27-23-14-21(22-16-26-17-34-22)28-24(29-23)30-10-12-31(13-11-30)35(32,33)20-4-2-1-3-5-20/h1-9,14,16-17H,10-13H2,(H,27,28,29). The Hall–Kier alpha value is -3.85. The van der Waals surface area contributed by atoms with Crippen LogP contribution in [0, 0.1) is 11.3 Å². The topological polar surface area (TPSA) is 115 Å². The van der Waals surface area contributed by atoms with Crippen LogP contribution in [-0.2, 0) is 10.0 Å². The number of hydrogen-bond acceptors (Lipinski definition) is 9. The summed E-state index contributed by atoms with van der Waals surface area (Å²) in [5.41, 5.74) is 3.85. The molecule has 2 aromatic heterocycles. The predicted octanol–water partition coefficient (Wildman–Crippen LogP) is 3.73. The maximum absolute atomic E-state index is 13.0. The van der Waals surface area contributed by atoms with Crippen LogP contribution in [0.25, 0.3) is 10.6 Å². The highest BCUT2D eigenvalue weighted by atomic mass is 32.2. The molecule has 9 nitrogen and oxygen atoms in total. The van der Waals surface area contributed by atoms with Crippen LogP contribution in [0.5, 0.6) is 0 Å². The van der Waals surface area contributed by atoms with Gasteiger partial charge in [0.05, 0.1) is 32.6 Å². The zero-order valence-corrected chi connectivity index (χ0v) is 20.2. The van der Waals surface area contributed by atoms with Crippen LogP contribution in [-0.4, -0.2) is 53.9 Å². The summed E-state index contributed by atoms with van der Waals surface area (Å²) in [6, 6.07) is 19.6. The third kappa shape index (κ3) is 5.00. The maximum Gasteiger partial charge on any atom is 0.243 e. The van der Waals surface area contributed by atoms with Gasteiger partial charge < -0.3 is 10.2 Å². The quantitative estimate of drug-likeness (QED) is 0.423. The van der Waals surface area contributed by atoms with E-state index in [1.165, 1.54) is 15.6 Å². The van der Waals surface area contributed by atoms with Gasteiger partial charge >= 0.3 is 0 Å². The summed E-state index contributed by atoms with van der Waals surface area (Å²) >= 11 is 1.48. The fourth-order valence-electron chi connectivity index (χ4n) is 3.75. The van der Waals surface area contributed by atoms with E-state index in [0.717, 1.165) is 16.3 Å². The molecule has 0 aliphatic carbocycles. The number of nitrogens with zero attached hydrogens (tertiary/aromatic N) is 6. The van der Waals surface area contributed by atoms with Crippen LogP contribution in [0.1, 0.15) is 5.56 Å². The Morgan fingerprint density at radius 1 is 0.971 bits per heavy atom. The fourth-order valence-corrected chi connectivity index (χ4v) is 5.78. The summed E-state index contributed by atoms with van der Waals surface area (Å²) in [5, 5.41) is 12.3. The predicted molar refractivity (Wildman–Crippen MR) is 135 cm³/mol. The molecule has 0 radical (unpaired) electrons. The first kappa shape index (κ1) is 22.9. The van der Waals surface area contributed by atoms with Crippen molar-refractivity contribution in [3.05, 3.63) is 77.9 Å². The first-order valence-electron chi connectivity index (χ1n) is 10.9. The summed E-state index contributed by atoms with van der Waals surface area (Å²) < 4.78 is 27.5. The van der Waals surface area contributed by atoms with Crippen molar-refractivity contribution in [3.8, 4) is 16.6 Å². The molecule has 0 atom stereocenters. The van der Waals surface area contributed by atoms with Gasteiger partial charge in [-0.25, -0.2) is 13.4 Å². The normalized spacial score (nSPS) is 14.4. The molecule has 1 N–H and O–H groups in total. The Kier molecular flexibility index (Phi) is 6.41. The van der Waals surface area contributed by atoms with E-state index in [2.05, 4.69) is 16.4 Å². The van der Waals surface area contributed by atoms with Gasteiger partial charge in [0.15, 0.2) is 0 Å². The number of benzene rings is 2. The van der Waals surface area contributed by atoms with Gasteiger partial charge in [0, 0.05) is 44.1 Å². The van der Waals surface area contributed by atoms with E-state index in [1.54, 1.807) is 54.2 Å². The molecule has 1 aliphatic rings. The molecule has 35 heavy (non-hydrogen) atoms. The van der Waals surface area contributed by atoms with Crippen molar-refractivity contribution >= 4 is 38.8 Å².